The van der Waals surface area contributed by atoms with Gasteiger partial charge in [-0.2, -0.15) is 4.31 Å². The number of nitrogens with one attached hydrogen (secondary N) is 1. The average molecular weight is 1070 g/mol. The van der Waals surface area contributed by atoms with E-state index in [0.29, 0.717) is 78.7 Å². The predicted molar refractivity (Wildman–Crippen MR) is 295 cm³/mol. The Kier molecular flexibility index (Phi) is 21.8. The van der Waals surface area contributed by atoms with Gasteiger partial charge in [-0.25, -0.2) is 13.2 Å². The molecule has 1 aliphatic heterocycles. The van der Waals surface area contributed by atoms with Crippen molar-refractivity contribution in [1.29, 1.82) is 0 Å². The first kappa shape index (κ1) is 58.0. The number of ether oxygens (including phenoxy) is 3. The fourth-order valence-electron chi connectivity index (χ4n) is 11.6. The summed E-state index contributed by atoms with van der Waals surface area (Å²) in [6.07, 6.45) is 21.0. The van der Waals surface area contributed by atoms with E-state index in [0.717, 1.165) is 36.8 Å². The smallest absolute Gasteiger partial charge is 0.412 e. The molecule has 0 saturated heterocycles. The molecule has 1 amide bonds. The number of benzene rings is 3. The van der Waals surface area contributed by atoms with Gasteiger partial charge in [-0.1, -0.05) is 120 Å². The van der Waals surface area contributed by atoms with Gasteiger partial charge in [-0.3, -0.25) is 15.1 Å². The normalized spacial score (nSPS) is 21.4. The van der Waals surface area contributed by atoms with Crippen LogP contribution >= 0.6 is 0 Å². The molecule has 6 atom stereocenters. The lowest BCUT2D eigenvalue weighted by Crippen LogP contribution is -2.70. The van der Waals surface area contributed by atoms with Gasteiger partial charge in [0, 0.05) is 67.9 Å². The molecule has 17 heteroatoms. The first-order chi connectivity index (χ1) is 37.0. The number of nitrogens with zero attached hydrogens (tertiary/aromatic N) is 4. The number of rotatable bonds is 32. The Morgan fingerprint density at radius 2 is 1.63 bits per heavy atom. The second kappa shape index (κ2) is 28.6. The summed E-state index contributed by atoms with van der Waals surface area (Å²) in [5.74, 6) is -2.33. The van der Waals surface area contributed by atoms with Gasteiger partial charge in [0.15, 0.2) is 0 Å². The molecule has 76 heavy (non-hydrogen) atoms. The van der Waals surface area contributed by atoms with E-state index >= 15 is 8.42 Å². The number of unbranched alkanes of at least 4 members (excludes halogenated alkanes) is 11. The Morgan fingerprint density at radius 1 is 0.921 bits per heavy atom. The number of carbonyl (C=O) groups is 1. The Bertz CT molecular complexity index is 2710. The van der Waals surface area contributed by atoms with Gasteiger partial charge in [-0.15, -0.1) is 6.58 Å². The number of fused-ring (bicyclic) bond motifs is 3. The zero-order chi connectivity index (χ0) is 53.9. The second-order valence-corrected chi connectivity index (χ2v) is 22.3. The van der Waals surface area contributed by atoms with E-state index in [1.807, 2.05) is 25.1 Å². The molecule has 1 aromatic heterocycles. The lowest BCUT2D eigenvalue weighted by atomic mass is 9.55. The van der Waals surface area contributed by atoms with Gasteiger partial charge in [-0.05, 0) is 104 Å². The van der Waals surface area contributed by atoms with E-state index in [1.54, 1.807) is 54.7 Å². The molecule has 2 aliphatic carbocycles. The molecule has 412 valence electrons. The minimum absolute atomic E-state index is 0.00182. The van der Waals surface area contributed by atoms with Crippen molar-refractivity contribution in [2.45, 2.75) is 159 Å². The summed E-state index contributed by atoms with van der Waals surface area (Å²) in [5.41, 5.74) is 2.90. The SMILES string of the molecule is C=CCOC12Oc3ccc(OC(=O)NCCCCCCCCCCCC)cc3C3C(CCCCO)C(CCCCO)C=C(C(=NOCc4ccc([N+](=O)[O-])cc4)CC1N(CCC)S(=O)(=O)c1cccc4cccnc14)C32. The molecule has 0 spiro atoms. The summed E-state index contributed by atoms with van der Waals surface area (Å²) in [4.78, 5) is 35.3. The highest BCUT2D eigenvalue weighted by molar-refractivity contribution is 7.89. The summed E-state index contributed by atoms with van der Waals surface area (Å²) in [7, 11) is -4.40. The quantitative estimate of drug-likeness (QED) is 0.0180. The molecule has 2 heterocycles. The van der Waals surface area contributed by atoms with Crippen LogP contribution in [0.25, 0.3) is 10.9 Å². The number of pyridine rings is 1. The summed E-state index contributed by atoms with van der Waals surface area (Å²) in [6.45, 7) is 8.73. The maximum atomic E-state index is 15.7. The van der Waals surface area contributed by atoms with Crippen molar-refractivity contribution >= 4 is 38.4 Å². The fraction of sp³-hybridized carbons (Fsp3) is 0.542. The standard InChI is InChI=1S/C59H79N5O11S/c1-4-7-8-9-10-11-12-13-14-17-33-61-58(67)74-47-31-32-52-50(40-47)55-48(25-16-19-37-66)45(22-15-18-36-65)39-49-51(62-73-42-43-27-29-46(30-28-43)64(68)69)41-54(59(75-52,56(49)55)72-38-6-3)63(35-5-2)76(70,71)53-26-20-23-44-24-21-34-60-57(44)53/h6,20-21,23-24,26-32,34,39-40,45,48,54-56,65-66H,3-5,7-19,22,25,33,35-38,41-42H2,1-2H3,(H,61,67). The molecule has 6 unspecified atom stereocenters. The van der Waals surface area contributed by atoms with Gasteiger partial charge in [0.25, 0.3) is 5.69 Å². The average Bonchev–Trinajstić information content (AvgIpc) is 3.42. The van der Waals surface area contributed by atoms with Crippen LogP contribution in [0.15, 0.2) is 113 Å². The molecule has 0 bridgehead atoms. The topological polar surface area (TPSA) is 212 Å². The molecule has 7 rings (SSSR count). The monoisotopic (exact) mass is 1070 g/mol. The van der Waals surface area contributed by atoms with E-state index < -0.39 is 44.7 Å². The number of amides is 1. The van der Waals surface area contributed by atoms with Crippen molar-refractivity contribution in [2.75, 3.05) is 32.9 Å². The molecule has 3 aromatic carbocycles. The zero-order valence-electron chi connectivity index (χ0n) is 44.5. The molecule has 0 radical (unpaired) electrons. The largest absolute Gasteiger partial charge is 0.460 e. The van der Waals surface area contributed by atoms with Crippen LogP contribution < -0.4 is 14.8 Å². The van der Waals surface area contributed by atoms with Gasteiger partial charge >= 0.3 is 6.09 Å². The van der Waals surface area contributed by atoms with E-state index in [1.165, 1.54) is 61.4 Å². The maximum Gasteiger partial charge on any atom is 0.412 e. The van der Waals surface area contributed by atoms with E-state index in [2.05, 4.69) is 29.9 Å². The number of aliphatic hydroxyl groups is 2. The number of hydrogen-bond acceptors (Lipinski definition) is 13. The number of non-ortho nitro benzene ring substituents is 1. The molecule has 3 N–H and O–H groups in total. The van der Waals surface area contributed by atoms with Crippen molar-refractivity contribution < 1.29 is 47.4 Å². The Balaban J connectivity index is 1.32. The van der Waals surface area contributed by atoms with Crippen LogP contribution in [0.2, 0.25) is 0 Å². The second-order valence-electron chi connectivity index (χ2n) is 20.4. The van der Waals surface area contributed by atoms with Crippen LogP contribution in [-0.4, -0.2) is 89.4 Å². The Hall–Kier alpha value is -5.72. The summed E-state index contributed by atoms with van der Waals surface area (Å²) < 4.78 is 53.4. The van der Waals surface area contributed by atoms with Crippen molar-refractivity contribution in [1.82, 2.24) is 14.6 Å². The third-order valence-electron chi connectivity index (χ3n) is 15.2. The fourth-order valence-corrected chi connectivity index (χ4v) is 13.5. The minimum atomic E-state index is -4.40. The minimum Gasteiger partial charge on any atom is -0.460 e. The molecule has 4 aromatic rings. The number of oxime groups is 1. The number of aromatic nitrogens is 1. The Morgan fingerprint density at radius 3 is 2.33 bits per heavy atom. The molecule has 3 aliphatic rings. The summed E-state index contributed by atoms with van der Waals surface area (Å²) in [6, 6.07) is 19.0. The van der Waals surface area contributed by atoms with E-state index in [-0.39, 0.29) is 61.8 Å². The number of hydrogen-bond donors (Lipinski definition) is 3. The predicted octanol–water partition coefficient (Wildman–Crippen LogP) is 12.1. The first-order valence-electron chi connectivity index (χ1n) is 27.8. The third kappa shape index (κ3) is 14.1. The summed E-state index contributed by atoms with van der Waals surface area (Å²) in [5, 5.41) is 40.1. The molecular weight excluding hydrogens is 987 g/mol. The third-order valence-corrected chi connectivity index (χ3v) is 17.1. The van der Waals surface area contributed by atoms with Crippen molar-refractivity contribution in [3.8, 4) is 11.5 Å². The number of nitro benzene ring substituents is 1. The highest BCUT2D eigenvalue weighted by Crippen LogP contribution is 2.62. The number of nitro groups is 1. The van der Waals surface area contributed by atoms with Crippen molar-refractivity contribution in [3.63, 3.8) is 0 Å². The van der Waals surface area contributed by atoms with Gasteiger partial charge in [0.1, 0.15) is 23.0 Å². The molecule has 1 fully saturated rings. The Labute approximate surface area is 449 Å². The maximum absolute atomic E-state index is 15.7. The van der Waals surface area contributed by atoms with Gasteiger partial charge in [0.2, 0.25) is 15.8 Å². The van der Waals surface area contributed by atoms with Crippen LogP contribution in [0.1, 0.15) is 146 Å². The number of allylic oxidation sites excluding steroid dienone is 1. The highest BCUT2D eigenvalue weighted by atomic mass is 32.2. The van der Waals surface area contributed by atoms with Crippen molar-refractivity contribution in [2.24, 2.45) is 22.9 Å². The van der Waals surface area contributed by atoms with Crippen LogP contribution in [0.3, 0.4) is 0 Å². The number of aliphatic hydroxyl groups excluding tert-OH is 2. The zero-order valence-corrected chi connectivity index (χ0v) is 45.3. The number of carbonyl (C=O) groups excluding carboxylic acids is 1. The summed E-state index contributed by atoms with van der Waals surface area (Å²) >= 11 is 0. The molecule has 16 nitrogen and oxygen atoms in total. The van der Waals surface area contributed by atoms with Crippen LogP contribution in [0, 0.1) is 27.9 Å². The van der Waals surface area contributed by atoms with Crippen molar-refractivity contribution in [3.05, 3.63) is 125 Å². The van der Waals surface area contributed by atoms with Crippen LogP contribution in [-0.2, 0) is 26.2 Å². The first-order valence-corrected chi connectivity index (χ1v) is 29.2. The van der Waals surface area contributed by atoms with Gasteiger partial charge in [0.05, 0.1) is 34.7 Å². The van der Waals surface area contributed by atoms with Crippen LogP contribution in [0.4, 0.5) is 10.5 Å². The highest BCUT2D eigenvalue weighted by Gasteiger charge is 2.66. The molecular formula is C59H79N5O11S. The number of para-hydroxylation sites is 1. The van der Waals surface area contributed by atoms with E-state index in [9.17, 15) is 25.1 Å². The molecule has 1 saturated carbocycles. The lowest BCUT2D eigenvalue weighted by molar-refractivity contribution is -0.384. The lowest BCUT2D eigenvalue weighted by Gasteiger charge is -2.59. The van der Waals surface area contributed by atoms with Gasteiger partial charge < -0.3 is 34.6 Å². The number of sulfonamides is 1. The van der Waals surface area contributed by atoms with Crippen LogP contribution in [0.5, 0.6) is 11.5 Å². The van der Waals surface area contributed by atoms with E-state index in [4.69, 9.17) is 24.2 Å².